The summed E-state index contributed by atoms with van der Waals surface area (Å²) in [6.45, 7) is 6.38. The van der Waals surface area contributed by atoms with Gasteiger partial charge in [0.1, 0.15) is 17.6 Å². The largest absolute Gasteiger partial charge is 0.492 e. The van der Waals surface area contributed by atoms with Crippen LogP contribution >= 0.6 is 0 Å². The normalized spacial score (nSPS) is 15.4. The van der Waals surface area contributed by atoms with Crippen molar-refractivity contribution in [1.82, 2.24) is 0 Å². The first kappa shape index (κ1) is 22.9. The molecule has 2 aromatic carbocycles. The van der Waals surface area contributed by atoms with Crippen LogP contribution in [0.15, 0.2) is 77.5 Å². The van der Waals surface area contributed by atoms with Gasteiger partial charge in [-0.25, -0.2) is 0 Å². The minimum absolute atomic E-state index is 0.0731. The molecule has 0 saturated heterocycles. The lowest BCUT2D eigenvalue weighted by Crippen LogP contribution is -2.16. The number of fused-ring (bicyclic) bond motifs is 1. The van der Waals surface area contributed by atoms with E-state index in [0.29, 0.717) is 41.4 Å². The number of nitrogens with zero attached hydrogens (tertiary/aromatic N) is 1. The predicted octanol–water partition coefficient (Wildman–Crippen LogP) is 5.79. The first-order chi connectivity index (χ1) is 15.4. The fourth-order valence-electron chi connectivity index (χ4n) is 3.34. The highest BCUT2D eigenvalue weighted by atomic mass is 16.5. The van der Waals surface area contributed by atoms with Gasteiger partial charge < -0.3 is 15.2 Å². The van der Waals surface area contributed by atoms with Crippen molar-refractivity contribution in [2.45, 2.75) is 39.7 Å². The summed E-state index contributed by atoms with van der Waals surface area (Å²) in [5, 5.41) is 9.17. The van der Waals surface area contributed by atoms with Gasteiger partial charge in [0.25, 0.3) is 0 Å². The molecule has 0 spiro atoms. The van der Waals surface area contributed by atoms with E-state index in [9.17, 15) is 4.79 Å². The Balaban J connectivity index is 2.06. The lowest BCUT2D eigenvalue weighted by molar-refractivity contribution is 0.0933. The zero-order chi connectivity index (χ0) is 23.1. The van der Waals surface area contributed by atoms with Gasteiger partial charge in [0, 0.05) is 18.2 Å². The second-order valence-electron chi connectivity index (χ2n) is 7.83. The van der Waals surface area contributed by atoms with Crippen LogP contribution in [0.25, 0.3) is 0 Å². The number of hydrogen-bond acceptors (Lipinski definition) is 5. The first-order valence-corrected chi connectivity index (χ1v) is 10.7. The molecule has 5 nitrogen and oxygen atoms in total. The molecule has 1 aliphatic heterocycles. The van der Waals surface area contributed by atoms with E-state index >= 15 is 0 Å². The minimum atomic E-state index is -0.473. The zero-order valence-corrected chi connectivity index (χ0v) is 18.7. The number of Topliss-reactive ketones (excluding diaryl/α,β-unsaturated/α-hetero) is 1. The highest BCUT2D eigenvalue weighted by Gasteiger charge is 2.22. The average Bonchev–Trinajstić information content (AvgIpc) is 2.80. The van der Waals surface area contributed by atoms with Gasteiger partial charge in [0.05, 0.1) is 23.8 Å². The molecule has 0 bridgehead atoms. The molecule has 0 saturated carbocycles. The van der Waals surface area contributed by atoms with Crippen molar-refractivity contribution >= 4 is 5.78 Å². The quantitative estimate of drug-likeness (QED) is 0.564. The van der Waals surface area contributed by atoms with Crippen molar-refractivity contribution in [2.24, 2.45) is 5.73 Å². The molecular weight excluding hydrogens is 400 g/mol. The van der Waals surface area contributed by atoms with E-state index in [0.717, 1.165) is 17.6 Å². The van der Waals surface area contributed by atoms with E-state index < -0.39 is 6.10 Å². The van der Waals surface area contributed by atoms with Crippen LogP contribution in [-0.4, -0.2) is 12.4 Å². The number of rotatable bonds is 7. The van der Waals surface area contributed by atoms with Crippen LogP contribution < -0.4 is 15.2 Å². The van der Waals surface area contributed by atoms with Crippen molar-refractivity contribution in [3.05, 3.63) is 94.2 Å². The maximum Gasteiger partial charge on any atom is 0.169 e. The molecule has 2 aromatic rings. The van der Waals surface area contributed by atoms with Gasteiger partial charge >= 0.3 is 0 Å². The molecular formula is C27H28N2O3. The predicted molar refractivity (Wildman–Crippen MR) is 125 cm³/mol. The lowest BCUT2D eigenvalue weighted by atomic mass is 9.98. The third-order valence-corrected chi connectivity index (χ3v) is 5.25. The summed E-state index contributed by atoms with van der Waals surface area (Å²) in [7, 11) is 0. The third-order valence-electron chi connectivity index (χ3n) is 5.25. The van der Waals surface area contributed by atoms with Gasteiger partial charge in [-0.15, -0.1) is 0 Å². The fraction of sp³-hybridized carbons (Fsp3) is 0.259. The molecule has 32 heavy (non-hydrogen) atoms. The number of carbonyl (C=O) groups is 1. The van der Waals surface area contributed by atoms with Crippen molar-refractivity contribution in [3.63, 3.8) is 0 Å². The summed E-state index contributed by atoms with van der Waals surface area (Å²) in [6.07, 6.45) is 6.81. The lowest BCUT2D eigenvalue weighted by Gasteiger charge is -2.23. The fourth-order valence-corrected chi connectivity index (χ4v) is 3.34. The van der Waals surface area contributed by atoms with Gasteiger partial charge in [-0.3, -0.25) is 4.79 Å². The molecule has 1 heterocycles. The highest BCUT2D eigenvalue weighted by Crippen LogP contribution is 2.34. The van der Waals surface area contributed by atoms with Crippen molar-refractivity contribution in [3.8, 4) is 17.6 Å². The van der Waals surface area contributed by atoms with Crippen molar-refractivity contribution < 1.29 is 14.3 Å². The Hall–Kier alpha value is -3.78. The molecule has 0 radical (unpaired) electrons. The maximum absolute atomic E-state index is 12.1. The molecule has 5 heteroatoms. The van der Waals surface area contributed by atoms with E-state index in [2.05, 4.69) is 26.0 Å². The van der Waals surface area contributed by atoms with Gasteiger partial charge in [-0.1, -0.05) is 36.8 Å². The molecule has 1 atom stereocenters. The second-order valence-corrected chi connectivity index (χ2v) is 7.83. The van der Waals surface area contributed by atoms with Gasteiger partial charge in [0.2, 0.25) is 0 Å². The average molecular weight is 429 g/mol. The van der Waals surface area contributed by atoms with Crippen LogP contribution in [0.1, 0.15) is 61.2 Å². The van der Waals surface area contributed by atoms with E-state index in [4.69, 9.17) is 20.5 Å². The molecule has 3 rings (SSSR count). The van der Waals surface area contributed by atoms with Crippen LogP contribution in [0.2, 0.25) is 0 Å². The summed E-state index contributed by atoms with van der Waals surface area (Å²) in [6, 6.07) is 14.7. The van der Waals surface area contributed by atoms with E-state index in [1.165, 1.54) is 5.57 Å². The minimum Gasteiger partial charge on any atom is -0.492 e. The van der Waals surface area contributed by atoms with Gasteiger partial charge in [0.15, 0.2) is 5.78 Å². The van der Waals surface area contributed by atoms with Crippen LogP contribution in [0, 0.1) is 11.3 Å². The zero-order valence-electron chi connectivity index (χ0n) is 18.7. The van der Waals surface area contributed by atoms with Crippen LogP contribution in [0.5, 0.6) is 11.5 Å². The highest BCUT2D eigenvalue weighted by molar-refractivity contribution is 5.99. The SMILES string of the molecule is CC/C(C)=C/C=C(\C=C(/C)N)C(Oc1ccc2c(c1)OCCC2=O)c1ccc(C#N)cc1. The summed E-state index contributed by atoms with van der Waals surface area (Å²) < 4.78 is 12.1. The van der Waals surface area contributed by atoms with Crippen molar-refractivity contribution in [1.29, 1.82) is 5.26 Å². The number of benzene rings is 2. The number of carbonyl (C=O) groups excluding carboxylic acids is 1. The molecule has 1 unspecified atom stereocenters. The third kappa shape index (κ3) is 5.67. The number of nitriles is 1. The van der Waals surface area contributed by atoms with Gasteiger partial charge in [-0.05, 0) is 61.7 Å². The Morgan fingerprint density at radius 2 is 1.97 bits per heavy atom. The number of nitrogens with two attached hydrogens (primary N) is 1. The number of hydrogen-bond donors (Lipinski definition) is 1. The maximum atomic E-state index is 12.1. The number of ketones is 1. The monoisotopic (exact) mass is 428 g/mol. The Labute approximate surface area is 189 Å². The molecule has 0 aromatic heterocycles. The number of allylic oxidation sites excluding steroid dienone is 4. The molecule has 0 amide bonds. The van der Waals surface area contributed by atoms with Crippen molar-refractivity contribution in [2.75, 3.05) is 6.61 Å². The topological polar surface area (TPSA) is 85.3 Å². The molecule has 0 fully saturated rings. The van der Waals surface area contributed by atoms with E-state index in [1.54, 1.807) is 30.3 Å². The molecule has 2 N–H and O–H groups in total. The number of ether oxygens (including phenoxy) is 2. The Morgan fingerprint density at radius 1 is 1.22 bits per heavy atom. The first-order valence-electron chi connectivity index (χ1n) is 10.7. The Bertz CT molecular complexity index is 1110. The standard InChI is InChI=1S/C27H28N2O3/c1-4-18(2)5-8-22(15-19(3)29)27(21-9-6-20(17-28)7-10-21)32-23-11-12-24-25(30)13-14-31-26(24)16-23/h5-12,15-16,27H,4,13-14,29H2,1-3H3/b18-5+,19-15+,22-8+. The second kappa shape index (κ2) is 10.5. The van der Waals surface area contributed by atoms with Crippen LogP contribution in [0.4, 0.5) is 0 Å². The van der Waals surface area contributed by atoms with E-state index in [1.807, 2.05) is 31.2 Å². The van der Waals surface area contributed by atoms with Gasteiger partial charge in [-0.2, -0.15) is 5.26 Å². The molecule has 0 aliphatic carbocycles. The summed E-state index contributed by atoms with van der Waals surface area (Å²) in [5.41, 5.74) is 10.8. The summed E-state index contributed by atoms with van der Waals surface area (Å²) in [5.74, 6) is 1.19. The smallest absolute Gasteiger partial charge is 0.169 e. The summed E-state index contributed by atoms with van der Waals surface area (Å²) >= 11 is 0. The Morgan fingerprint density at radius 3 is 2.62 bits per heavy atom. The molecule has 1 aliphatic rings. The Kier molecular flexibility index (Phi) is 7.51. The van der Waals surface area contributed by atoms with Crippen LogP contribution in [-0.2, 0) is 0 Å². The molecule has 164 valence electrons. The van der Waals surface area contributed by atoms with Crippen LogP contribution in [0.3, 0.4) is 0 Å². The van der Waals surface area contributed by atoms with E-state index in [-0.39, 0.29) is 5.78 Å². The summed E-state index contributed by atoms with van der Waals surface area (Å²) in [4.78, 5) is 12.1.